The summed E-state index contributed by atoms with van der Waals surface area (Å²) < 4.78 is 27.6. The Kier molecular flexibility index (Phi) is 6.17. The van der Waals surface area contributed by atoms with E-state index in [-0.39, 0.29) is 21.9 Å². The lowest BCUT2D eigenvalue weighted by Gasteiger charge is -2.25. The van der Waals surface area contributed by atoms with Gasteiger partial charge in [-0.15, -0.1) is 0 Å². The van der Waals surface area contributed by atoms with Gasteiger partial charge in [0.1, 0.15) is 4.90 Å². The zero-order chi connectivity index (χ0) is 16.2. The summed E-state index contributed by atoms with van der Waals surface area (Å²) in [5.74, 6) is 0.138. The highest BCUT2D eigenvalue weighted by Gasteiger charge is 2.25. The maximum absolute atomic E-state index is 12.5. The van der Waals surface area contributed by atoms with E-state index in [2.05, 4.69) is 4.72 Å². The van der Waals surface area contributed by atoms with Crippen molar-refractivity contribution in [1.82, 2.24) is 9.62 Å². The van der Waals surface area contributed by atoms with Crippen molar-refractivity contribution in [2.75, 3.05) is 20.6 Å². The molecule has 0 aliphatic carbocycles. The van der Waals surface area contributed by atoms with Crippen LogP contribution in [-0.4, -0.2) is 40.0 Å². The van der Waals surface area contributed by atoms with Gasteiger partial charge in [-0.25, -0.2) is 13.1 Å². The van der Waals surface area contributed by atoms with Crippen molar-refractivity contribution in [3.8, 4) is 6.07 Å². The zero-order valence-corrected chi connectivity index (χ0v) is 14.2. The van der Waals surface area contributed by atoms with Crippen LogP contribution in [0.15, 0.2) is 23.1 Å². The Morgan fingerprint density at radius 1 is 1.38 bits per heavy atom. The predicted octanol–water partition coefficient (Wildman–Crippen LogP) is 2.08. The van der Waals surface area contributed by atoms with E-state index in [4.69, 9.17) is 16.9 Å². The molecule has 0 bridgehead atoms. The van der Waals surface area contributed by atoms with Gasteiger partial charge in [0.05, 0.1) is 16.7 Å². The molecule has 0 aromatic heterocycles. The van der Waals surface area contributed by atoms with Gasteiger partial charge in [0.25, 0.3) is 0 Å². The Hall–Kier alpha value is -1.13. The molecule has 0 saturated heterocycles. The topological polar surface area (TPSA) is 73.2 Å². The second kappa shape index (κ2) is 7.23. The number of nitriles is 1. The minimum absolute atomic E-state index is 0.00688. The van der Waals surface area contributed by atoms with E-state index in [0.717, 1.165) is 0 Å². The van der Waals surface area contributed by atoms with Crippen molar-refractivity contribution in [3.63, 3.8) is 0 Å². The first-order valence-electron chi connectivity index (χ1n) is 6.54. The van der Waals surface area contributed by atoms with Crippen molar-refractivity contribution in [2.45, 2.75) is 24.8 Å². The molecule has 0 heterocycles. The minimum Gasteiger partial charge on any atom is -0.308 e. The molecule has 116 valence electrons. The van der Waals surface area contributed by atoms with Crippen LogP contribution in [0.3, 0.4) is 0 Å². The van der Waals surface area contributed by atoms with E-state index in [0.29, 0.717) is 12.1 Å². The Morgan fingerprint density at radius 2 is 2.00 bits per heavy atom. The van der Waals surface area contributed by atoms with Gasteiger partial charge in [-0.05, 0) is 38.2 Å². The number of hydrogen-bond acceptors (Lipinski definition) is 4. The second-order valence-corrected chi connectivity index (χ2v) is 7.58. The van der Waals surface area contributed by atoms with Gasteiger partial charge in [0.2, 0.25) is 10.0 Å². The minimum atomic E-state index is -3.72. The fourth-order valence-corrected chi connectivity index (χ4v) is 3.75. The molecule has 7 heteroatoms. The smallest absolute Gasteiger partial charge is 0.242 e. The fraction of sp³-hybridized carbons (Fsp3) is 0.500. The number of benzene rings is 1. The van der Waals surface area contributed by atoms with Crippen LogP contribution in [0.2, 0.25) is 5.02 Å². The third kappa shape index (κ3) is 4.97. The molecule has 1 rings (SSSR count). The molecule has 1 atom stereocenters. The molecule has 0 spiro atoms. The molecule has 0 fully saturated rings. The van der Waals surface area contributed by atoms with Crippen LogP contribution in [0.1, 0.15) is 19.4 Å². The standard InChI is InChI=1S/C14H20ClN3O2S/c1-10(2)13(9-18(3)4)17-21(19,20)14-6-5-11(8-16)7-12(14)15/h5-7,10,13,17H,9H2,1-4H3. The third-order valence-electron chi connectivity index (χ3n) is 3.02. The average Bonchev–Trinajstić information content (AvgIpc) is 2.36. The summed E-state index contributed by atoms with van der Waals surface area (Å²) in [6.45, 7) is 4.50. The Labute approximate surface area is 131 Å². The van der Waals surface area contributed by atoms with Crippen molar-refractivity contribution >= 4 is 21.6 Å². The van der Waals surface area contributed by atoms with Gasteiger partial charge in [0, 0.05) is 12.6 Å². The van der Waals surface area contributed by atoms with E-state index in [1.807, 2.05) is 38.9 Å². The van der Waals surface area contributed by atoms with Crippen LogP contribution < -0.4 is 4.72 Å². The Balaban J connectivity index is 3.08. The molecule has 0 aliphatic heterocycles. The maximum Gasteiger partial charge on any atom is 0.242 e. The molecular weight excluding hydrogens is 310 g/mol. The molecule has 0 amide bonds. The summed E-state index contributed by atoms with van der Waals surface area (Å²) in [6, 6.07) is 5.85. The van der Waals surface area contributed by atoms with Gasteiger partial charge in [0.15, 0.2) is 0 Å². The van der Waals surface area contributed by atoms with E-state index < -0.39 is 10.0 Å². The second-order valence-electron chi connectivity index (χ2n) is 5.49. The summed E-state index contributed by atoms with van der Waals surface area (Å²) >= 11 is 5.98. The highest BCUT2D eigenvalue weighted by molar-refractivity contribution is 7.89. The van der Waals surface area contributed by atoms with Crippen LogP contribution in [0, 0.1) is 17.2 Å². The summed E-state index contributed by atoms with van der Waals surface area (Å²) in [5, 5.41) is 8.84. The van der Waals surface area contributed by atoms with Gasteiger partial charge in [-0.3, -0.25) is 0 Å². The summed E-state index contributed by atoms with van der Waals surface area (Å²) in [7, 11) is 0.0507. The van der Waals surface area contributed by atoms with E-state index in [1.54, 1.807) is 0 Å². The molecule has 0 saturated carbocycles. The van der Waals surface area contributed by atoms with Crippen molar-refractivity contribution in [3.05, 3.63) is 28.8 Å². The zero-order valence-electron chi connectivity index (χ0n) is 12.6. The average molecular weight is 330 g/mol. The predicted molar refractivity (Wildman–Crippen MR) is 83.7 cm³/mol. The van der Waals surface area contributed by atoms with E-state index in [9.17, 15) is 8.42 Å². The number of rotatable bonds is 6. The van der Waals surface area contributed by atoms with Crippen LogP contribution in [0.5, 0.6) is 0 Å². The Bertz CT molecular complexity index is 636. The van der Waals surface area contributed by atoms with Crippen molar-refractivity contribution in [2.24, 2.45) is 5.92 Å². The highest BCUT2D eigenvalue weighted by Crippen LogP contribution is 2.23. The molecule has 1 unspecified atom stereocenters. The molecule has 1 aromatic carbocycles. The number of halogens is 1. The van der Waals surface area contributed by atoms with Crippen LogP contribution in [0.25, 0.3) is 0 Å². The van der Waals surface area contributed by atoms with Crippen molar-refractivity contribution < 1.29 is 8.42 Å². The summed E-state index contributed by atoms with van der Waals surface area (Å²) in [5.41, 5.74) is 0.327. The Morgan fingerprint density at radius 3 is 2.43 bits per heavy atom. The first kappa shape index (κ1) is 17.9. The largest absolute Gasteiger partial charge is 0.308 e. The van der Waals surface area contributed by atoms with Gasteiger partial charge in [-0.2, -0.15) is 5.26 Å². The summed E-state index contributed by atoms with van der Waals surface area (Å²) in [4.78, 5) is 1.92. The number of sulfonamides is 1. The highest BCUT2D eigenvalue weighted by atomic mass is 35.5. The molecule has 1 N–H and O–H groups in total. The normalized spacial score (nSPS) is 13.4. The lowest BCUT2D eigenvalue weighted by molar-refractivity contribution is 0.314. The SMILES string of the molecule is CC(C)C(CN(C)C)NS(=O)(=O)c1ccc(C#N)cc1Cl. The molecular formula is C14H20ClN3O2S. The van der Waals surface area contributed by atoms with Crippen LogP contribution in [-0.2, 0) is 10.0 Å². The van der Waals surface area contributed by atoms with E-state index >= 15 is 0 Å². The van der Waals surface area contributed by atoms with Gasteiger partial charge < -0.3 is 4.90 Å². The third-order valence-corrected chi connectivity index (χ3v) is 5.00. The molecule has 21 heavy (non-hydrogen) atoms. The number of likely N-dealkylation sites (N-methyl/N-ethyl adjacent to an activating group) is 1. The molecule has 0 aliphatic rings. The molecule has 0 radical (unpaired) electrons. The van der Waals surface area contributed by atoms with Crippen LogP contribution >= 0.6 is 11.6 Å². The maximum atomic E-state index is 12.5. The quantitative estimate of drug-likeness (QED) is 0.867. The van der Waals surface area contributed by atoms with Gasteiger partial charge >= 0.3 is 0 Å². The van der Waals surface area contributed by atoms with Crippen LogP contribution in [0.4, 0.5) is 0 Å². The summed E-state index contributed by atoms with van der Waals surface area (Å²) in [6.07, 6.45) is 0. The number of nitrogens with zero attached hydrogens (tertiary/aromatic N) is 2. The molecule has 1 aromatic rings. The fourth-order valence-electron chi connectivity index (χ4n) is 1.83. The monoisotopic (exact) mass is 329 g/mol. The van der Waals surface area contributed by atoms with Crippen molar-refractivity contribution in [1.29, 1.82) is 5.26 Å². The first-order chi connectivity index (χ1) is 9.67. The van der Waals surface area contributed by atoms with Gasteiger partial charge in [-0.1, -0.05) is 25.4 Å². The number of nitrogens with one attached hydrogen (secondary N) is 1. The number of hydrogen-bond donors (Lipinski definition) is 1. The lowest BCUT2D eigenvalue weighted by atomic mass is 10.1. The molecule has 5 nitrogen and oxygen atoms in total. The van der Waals surface area contributed by atoms with E-state index in [1.165, 1.54) is 18.2 Å². The first-order valence-corrected chi connectivity index (χ1v) is 8.40. The lowest BCUT2D eigenvalue weighted by Crippen LogP contribution is -2.44.